The number of rotatable bonds is 7. The molecule has 0 spiro atoms. The van der Waals surface area contributed by atoms with E-state index in [9.17, 15) is 39.6 Å². The number of primary amides is 1. The highest BCUT2D eigenvalue weighted by molar-refractivity contribution is 6.24. The number of amides is 2. The van der Waals surface area contributed by atoms with E-state index in [1.54, 1.807) is 77.1 Å². The monoisotopic (exact) mass is 600 g/mol. The summed E-state index contributed by atoms with van der Waals surface area (Å²) in [6.45, 7) is 0.0138. The second-order valence-electron chi connectivity index (χ2n) is 12.3. The molecule has 1 fully saturated rings. The molecule has 234 valence electrons. The number of carbonyl (C=O) groups is 4. The number of ketones is 2. The summed E-state index contributed by atoms with van der Waals surface area (Å²) in [5.41, 5.74) is 2.37. The van der Waals surface area contributed by atoms with Crippen LogP contribution in [0.15, 0.2) is 23.0 Å². The number of nitrogens with one attached hydrogen (secondary N) is 1. The molecule has 0 radical (unpaired) electrons. The summed E-state index contributed by atoms with van der Waals surface area (Å²) in [6, 6.07) is -0.495. The molecule has 0 heterocycles. The van der Waals surface area contributed by atoms with Gasteiger partial charge >= 0.3 is 0 Å². The van der Waals surface area contributed by atoms with Crippen molar-refractivity contribution >= 4 is 40.5 Å². The predicted octanol–water partition coefficient (Wildman–Crippen LogP) is -0.930. The van der Waals surface area contributed by atoms with Crippen LogP contribution < -0.4 is 16.0 Å². The highest BCUT2D eigenvalue weighted by Crippen LogP contribution is 2.55. The number of phenols is 1. The second kappa shape index (κ2) is 10.9. The van der Waals surface area contributed by atoms with Crippen LogP contribution in [-0.2, 0) is 25.6 Å². The van der Waals surface area contributed by atoms with Crippen molar-refractivity contribution in [3.8, 4) is 5.75 Å². The zero-order valence-corrected chi connectivity index (χ0v) is 25.6. The largest absolute Gasteiger partial charge is 0.508 e. The van der Waals surface area contributed by atoms with Gasteiger partial charge in [0.25, 0.3) is 5.91 Å². The first-order chi connectivity index (χ1) is 19.9. The van der Waals surface area contributed by atoms with Gasteiger partial charge in [-0.2, -0.15) is 0 Å². The zero-order valence-electron chi connectivity index (χ0n) is 25.6. The van der Waals surface area contributed by atoms with Gasteiger partial charge in [-0.05, 0) is 60.3 Å². The first-order valence-electron chi connectivity index (χ1n) is 13.7. The van der Waals surface area contributed by atoms with Crippen molar-refractivity contribution in [3.63, 3.8) is 0 Å². The number of Topliss-reactive ketones (excluding diaryl/α,β-unsaturated/α-hetero) is 2. The van der Waals surface area contributed by atoms with Crippen LogP contribution in [0.5, 0.6) is 5.75 Å². The maximum Gasteiger partial charge on any atom is 0.255 e. The molecule has 7 N–H and O–H groups in total. The van der Waals surface area contributed by atoms with Gasteiger partial charge in [0.05, 0.1) is 23.8 Å². The fraction of sp³-hybridized carbons (Fsp3) is 0.517. The second-order valence-corrected chi connectivity index (χ2v) is 12.3. The Labute approximate surface area is 249 Å². The molecule has 0 aliphatic heterocycles. The normalized spacial score (nSPS) is 27.0. The number of likely N-dealkylation sites (N-methyl/N-ethyl adjacent to an activating group) is 2. The molecular weight excluding hydrogens is 560 g/mol. The number of nitrogens with two attached hydrogens (primary N) is 1. The first kappa shape index (κ1) is 31.9. The number of phenolic OH excluding ortho intramolecular Hbond substituents is 1. The Morgan fingerprint density at radius 3 is 2.12 bits per heavy atom. The van der Waals surface area contributed by atoms with Crippen LogP contribution in [-0.4, -0.2) is 139 Å². The molecule has 43 heavy (non-hydrogen) atoms. The van der Waals surface area contributed by atoms with Crippen LogP contribution in [0.3, 0.4) is 0 Å². The van der Waals surface area contributed by atoms with E-state index in [1.807, 2.05) is 0 Å². The van der Waals surface area contributed by atoms with Crippen molar-refractivity contribution in [2.45, 2.75) is 24.1 Å². The van der Waals surface area contributed by atoms with Crippen LogP contribution >= 0.6 is 0 Å². The number of benzene rings is 1. The van der Waals surface area contributed by atoms with Crippen LogP contribution in [0, 0.1) is 11.8 Å². The number of hydrogen-bond acceptors (Lipinski definition) is 12. The third-order valence-electron chi connectivity index (χ3n) is 8.59. The maximum absolute atomic E-state index is 14.3. The van der Waals surface area contributed by atoms with Gasteiger partial charge < -0.3 is 46.2 Å². The molecule has 14 heteroatoms. The number of aliphatic hydroxyl groups is 3. The molecule has 1 aromatic rings. The number of aliphatic hydroxyl groups excluding tert-OH is 2. The molecule has 4 rings (SSSR count). The highest BCUT2D eigenvalue weighted by Gasteiger charge is 2.68. The van der Waals surface area contributed by atoms with Gasteiger partial charge in [0, 0.05) is 43.2 Å². The Kier molecular flexibility index (Phi) is 8.13. The topological polar surface area (TPSA) is 200 Å². The van der Waals surface area contributed by atoms with Gasteiger partial charge in [-0.25, -0.2) is 0 Å². The molecule has 3 aliphatic rings. The van der Waals surface area contributed by atoms with E-state index in [1.165, 1.54) is 4.90 Å². The molecule has 1 saturated carbocycles. The molecule has 0 bridgehead atoms. The molecule has 0 unspecified atom stereocenters. The summed E-state index contributed by atoms with van der Waals surface area (Å²) in [5.74, 6) is -8.08. The number of nitrogens with zero attached hydrogens (tertiary/aromatic N) is 4. The van der Waals surface area contributed by atoms with Crippen molar-refractivity contribution in [2.75, 3.05) is 73.1 Å². The average Bonchev–Trinajstić information content (AvgIpc) is 2.86. The molecule has 0 saturated heterocycles. The van der Waals surface area contributed by atoms with E-state index >= 15 is 0 Å². The molecule has 3 aliphatic carbocycles. The highest BCUT2D eigenvalue weighted by atomic mass is 16.3. The van der Waals surface area contributed by atoms with E-state index in [0.717, 1.165) is 0 Å². The lowest BCUT2D eigenvalue weighted by Crippen LogP contribution is -2.72. The van der Waals surface area contributed by atoms with Crippen molar-refractivity contribution < 1.29 is 39.6 Å². The fourth-order valence-electron chi connectivity index (χ4n) is 6.96. The number of anilines is 2. The third kappa shape index (κ3) is 4.74. The quantitative estimate of drug-likeness (QED) is 0.166. The lowest BCUT2D eigenvalue weighted by atomic mass is 9.55. The Balaban J connectivity index is 2.05. The van der Waals surface area contributed by atoms with Crippen molar-refractivity contribution in [2.24, 2.45) is 17.6 Å². The lowest BCUT2D eigenvalue weighted by Gasteiger charge is -2.56. The summed E-state index contributed by atoms with van der Waals surface area (Å²) in [7, 11) is 13.4. The maximum atomic E-state index is 14.3. The molecule has 1 aromatic carbocycles. The van der Waals surface area contributed by atoms with Crippen LogP contribution in [0.1, 0.15) is 11.1 Å². The van der Waals surface area contributed by atoms with E-state index < -0.39 is 75.7 Å². The third-order valence-corrected chi connectivity index (χ3v) is 8.59. The minimum absolute atomic E-state index is 0.00130. The Morgan fingerprint density at radius 2 is 1.63 bits per heavy atom. The van der Waals surface area contributed by atoms with E-state index in [2.05, 4.69) is 5.32 Å². The van der Waals surface area contributed by atoms with Gasteiger partial charge in [-0.15, -0.1) is 0 Å². The summed E-state index contributed by atoms with van der Waals surface area (Å²) in [5, 5.41) is 49.1. The minimum Gasteiger partial charge on any atom is -0.508 e. The Morgan fingerprint density at radius 1 is 1.02 bits per heavy atom. The molecule has 14 nitrogen and oxygen atoms in total. The zero-order chi connectivity index (χ0) is 32.5. The average molecular weight is 601 g/mol. The number of hydrogen-bond donors (Lipinski definition) is 6. The van der Waals surface area contributed by atoms with Crippen molar-refractivity contribution in [3.05, 3.63) is 34.1 Å². The van der Waals surface area contributed by atoms with Crippen molar-refractivity contribution in [1.29, 1.82) is 0 Å². The Hall–Kier alpha value is -3.98. The number of fused-ring (bicyclic) bond motifs is 3. The first-order valence-corrected chi connectivity index (χ1v) is 13.7. The molecule has 0 aromatic heterocycles. The van der Waals surface area contributed by atoms with Crippen LogP contribution in [0.4, 0.5) is 11.4 Å². The minimum atomic E-state index is -2.81. The van der Waals surface area contributed by atoms with E-state index in [-0.39, 0.29) is 29.8 Å². The van der Waals surface area contributed by atoms with E-state index in [0.29, 0.717) is 11.3 Å². The summed E-state index contributed by atoms with van der Waals surface area (Å²) in [6.07, 6.45) is 0.0877. The van der Waals surface area contributed by atoms with Gasteiger partial charge in [0.2, 0.25) is 11.7 Å². The van der Waals surface area contributed by atoms with Gasteiger partial charge in [-0.3, -0.25) is 24.1 Å². The summed E-state index contributed by atoms with van der Waals surface area (Å²) in [4.78, 5) is 59.3. The lowest BCUT2D eigenvalue weighted by molar-refractivity contribution is -0.161. The Bertz CT molecular complexity index is 1480. The van der Waals surface area contributed by atoms with Gasteiger partial charge in [0.1, 0.15) is 22.8 Å². The molecule has 2 amide bonds. The van der Waals surface area contributed by atoms with Gasteiger partial charge in [0.15, 0.2) is 11.4 Å². The van der Waals surface area contributed by atoms with Crippen LogP contribution in [0.2, 0.25) is 0 Å². The summed E-state index contributed by atoms with van der Waals surface area (Å²) >= 11 is 0. The summed E-state index contributed by atoms with van der Waals surface area (Å²) < 4.78 is 0. The standard InChI is InChI=1S/C29H40N6O8/c1-32(2)11-16(36)31-14-10-15(33(3)4)12-9-13-18(24(38)17(12)23(14)37)26(40)29(43)20(21(13)34(5)6)22(35(7)8)25(39)19(27(29)41)28(30)42/h10,13,20-22,37-38,41,43H,9,11H2,1-8H3,(H2,30,42)(H,31,36)/t13-,20+,21+,22+,29+/m1/s1. The van der Waals surface area contributed by atoms with Crippen molar-refractivity contribution in [1.82, 2.24) is 14.7 Å². The SMILES string of the molecule is CN(C)CC(=O)Nc1cc(N(C)C)c2c(c1O)C(O)=C1C(=O)[C@]3(O)C(O)=C(C(N)=O)C(=O)[C@@H](N(C)C)[C@@H]3[C@@H](N(C)C)[C@@H]1C2. The number of aromatic hydroxyl groups is 1. The van der Waals surface area contributed by atoms with Gasteiger partial charge in [-0.1, -0.05) is 0 Å². The molecular formula is C29H40N6O8. The predicted molar refractivity (Wildman–Crippen MR) is 159 cm³/mol. The molecule has 5 atom stereocenters. The fourth-order valence-corrected chi connectivity index (χ4v) is 6.96. The van der Waals surface area contributed by atoms with Crippen LogP contribution in [0.25, 0.3) is 5.76 Å². The smallest absolute Gasteiger partial charge is 0.255 e. The van der Waals surface area contributed by atoms with E-state index in [4.69, 9.17) is 5.73 Å². The number of carbonyl (C=O) groups excluding carboxylic acids is 4.